The molecule has 41 heavy (non-hydrogen) atoms. The van der Waals surface area contributed by atoms with E-state index in [9.17, 15) is 19.6 Å². The van der Waals surface area contributed by atoms with E-state index in [2.05, 4.69) is 28.8 Å². The van der Waals surface area contributed by atoms with Crippen LogP contribution in [-0.2, 0) is 20.7 Å². The summed E-state index contributed by atoms with van der Waals surface area (Å²) in [5, 5.41) is 15.2. The maximum Gasteiger partial charge on any atom is 0.407 e. The van der Waals surface area contributed by atoms with E-state index in [1.165, 1.54) is 0 Å². The van der Waals surface area contributed by atoms with Crippen molar-refractivity contribution in [2.24, 2.45) is 0 Å². The highest BCUT2D eigenvalue weighted by atomic mass is 32.2. The van der Waals surface area contributed by atoms with Gasteiger partial charge in [-0.2, -0.15) is 15.7 Å². The summed E-state index contributed by atoms with van der Waals surface area (Å²) < 4.78 is 5.59. The second kappa shape index (κ2) is 13.0. The van der Waals surface area contributed by atoms with E-state index in [4.69, 9.17) is 4.74 Å². The number of rotatable bonds is 9. The Balaban J connectivity index is 1.23. The fourth-order valence-corrected chi connectivity index (χ4v) is 7.79. The van der Waals surface area contributed by atoms with Gasteiger partial charge in [0.2, 0.25) is 11.7 Å². The van der Waals surface area contributed by atoms with Crippen molar-refractivity contribution in [3.63, 3.8) is 0 Å². The van der Waals surface area contributed by atoms with Gasteiger partial charge in [0.1, 0.15) is 23.6 Å². The van der Waals surface area contributed by atoms with Crippen LogP contribution in [0, 0.1) is 11.3 Å². The number of ketones is 1. The Kier molecular flexibility index (Phi) is 8.95. The van der Waals surface area contributed by atoms with Crippen molar-refractivity contribution in [2.45, 2.75) is 44.2 Å². The van der Waals surface area contributed by atoms with Crippen LogP contribution in [0.2, 0.25) is 0 Å². The number of nitriles is 1. The molecule has 0 aromatic heterocycles. The van der Waals surface area contributed by atoms with Gasteiger partial charge in [0.15, 0.2) is 0 Å². The van der Waals surface area contributed by atoms with Crippen molar-refractivity contribution in [1.29, 1.82) is 5.26 Å². The summed E-state index contributed by atoms with van der Waals surface area (Å²) in [6, 6.07) is 25.8. The molecule has 2 amide bonds. The Morgan fingerprint density at radius 3 is 2.10 bits per heavy atom. The van der Waals surface area contributed by atoms with E-state index in [1.54, 1.807) is 6.92 Å². The molecule has 2 N–H and O–H groups in total. The van der Waals surface area contributed by atoms with Crippen molar-refractivity contribution in [3.8, 4) is 17.2 Å². The van der Waals surface area contributed by atoms with E-state index in [0.717, 1.165) is 52.2 Å². The van der Waals surface area contributed by atoms with Crippen molar-refractivity contribution < 1.29 is 19.1 Å². The second-order valence-electron chi connectivity index (χ2n) is 10.4. The number of hydrogen-bond acceptors (Lipinski definition) is 5. The number of carbonyl (C=O) groups excluding carboxylic acids is 3. The topological polar surface area (TPSA) is 108 Å². The lowest BCUT2D eigenvalue weighted by Gasteiger charge is -2.22. The molecule has 0 radical (unpaired) electrons. The zero-order valence-electron chi connectivity index (χ0n) is 23.0. The van der Waals surface area contributed by atoms with Gasteiger partial charge in [-0.1, -0.05) is 78.9 Å². The third-order valence-corrected chi connectivity index (χ3v) is 10.1. The smallest absolute Gasteiger partial charge is 0.407 e. The number of amides is 2. The first-order chi connectivity index (χ1) is 20.0. The minimum Gasteiger partial charge on any atom is -0.449 e. The fraction of sp³-hybridized carbons (Fsp3) is 0.303. The van der Waals surface area contributed by atoms with Crippen LogP contribution < -0.4 is 10.6 Å². The number of alkyl carbamates (subject to hydrolysis) is 1. The molecule has 1 unspecified atom stereocenters. The normalized spacial score (nSPS) is 15.6. The molecule has 0 saturated carbocycles. The van der Waals surface area contributed by atoms with Crippen LogP contribution in [0.25, 0.3) is 11.1 Å². The molecule has 0 spiro atoms. The largest absolute Gasteiger partial charge is 0.449 e. The van der Waals surface area contributed by atoms with Crippen LogP contribution in [0.4, 0.5) is 4.79 Å². The van der Waals surface area contributed by atoms with Gasteiger partial charge >= 0.3 is 6.09 Å². The standard InChI is InChI=1S/C33H33N3O4S/c1-22(35-33(39)40-21-28-26-15-7-5-13-24(26)25-14-6-8-16-27(25)28)32(38)36-29(19-23-11-3-2-4-12-23)31(37)30(20-34)41-17-9-10-18-41/h2-8,11-16,22,28-29H,9-10,17-19,21H2,1H3,(H,35,39)(H,36,38)/t22?,29-/m0/s1. The predicted octanol–water partition coefficient (Wildman–Crippen LogP) is 4.97. The lowest BCUT2D eigenvalue weighted by Crippen LogP contribution is -2.52. The molecule has 1 fully saturated rings. The molecule has 3 aromatic carbocycles. The molecule has 2 atom stereocenters. The molecular formula is C33H33N3O4S. The van der Waals surface area contributed by atoms with E-state index in [1.807, 2.05) is 66.7 Å². The lowest BCUT2D eigenvalue weighted by molar-refractivity contribution is -0.126. The van der Waals surface area contributed by atoms with Gasteiger partial charge < -0.3 is 15.4 Å². The average molecular weight is 568 g/mol. The summed E-state index contributed by atoms with van der Waals surface area (Å²) in [6.45, 7) is 1.68. The predicted molar refractivity (Wildman–Crippen MR) is 162 cm³/mol. The first-order valence-electron chi connectivity index (χ1n) is 13.9. The van der Waals surface area contributed by atoms with Crippen molar-refractivity contribution in [1.82, 2.24) is 10.6 Å². The summed E-state index contributed by atoms with van der Waals surface area (Å²) in [4.78, 5) is 39.7. The molecule has 3 aromatic rings. The van der Waals surface area contributed by atoms with E-state index in [-0.39, 0.29) is 40.1 Å². The van der Waals surface area contributed by atoms with Gasteiger partial charge in [-0.05, 0) is 59.1 Å². The quantitative estimate of drug-likeness (QED) is 0.355. The molecule has 1 saturated heterocycles. The summed E-state index contributed by atoms with van der Waals surface area (Å²) in [5.41, 5.74) is 5.33. The van der Waals surface area contributed by atoms with Gasteiger partial charge in [-0.15, -0.1) is 0 Å². The Bertz CT molecular complexity index is 1480. The van der Waals surface area contributed by atoms with Gasteiger partial charge in [0.25, 0.3) is 0 Å². The molecular weight excluding hydrogens is 534 g/mol. The highest BCUT2D eigenvalue weighted by Crippen LogP contribution is 2.44. The maximum atomic E-state index is 13.5. The monoisotopic (exact) mass is 567 g/mol. The van der Waals surface area contributed by atoms with Crippen molar-refractivity contribution >= 4 is 33.1 Å². The van der Waals surface area contributed by atoms with E-state index < -0.39 is 24.1 Å². The summed E-state index contributed by atoms with van der Waals surface area (Å²) >= 11 is 0. The highest BCUT2D eigenvalue weighted by molar-refractivity contribution is 8.17. The van der Waals surface area contributed by atoms with Crippen LogP contribution in [0.15, 0.2) is 78.9 Å². The Labute approximate surface area is 242 Å². The summed E-state index contributed by atoms with van der Waals surface area (Å²) in [6.07, 6.45) is 1.54. The molecule has 2 aliphatic rings. The minimum absolute atomic E-state index is 0.0958. The van der Waals surface area contributed by atoms with Crippen molar-refractivity contribution in [3.05, 3.63) is 95.6 Å². The lowest BCUT2D eigenvalue weighted by atomic mass is 9.98. The van der Waals surface area contributed by atoms with E-state index >= 15 is 0 Å². The van der Waals surface area contributed by atoms with Gasteiger partial charge in [0, 0.05) is 12.3 Å². The van der Waals surface area contributed by atoms with Crippen LogP contribution in [-0.4, -0.2) is 52.8 Å². The SMILES string of the molecule is CC(NC(=O)OCC1c2ccccc2-c2ccccc21)C(=O)N[C@@H](Cc1ccccc1)C(=O)C(C#N)=S1CCCC1. The maximum absolute atomic E-state index is 13.5. The number of ether oxygens (including phenoxy) is 1. The second-order valence-corrected chi connectivity index (χ2v) is 12.6. The first kappa shape index (κ1) is 28.3. The van der Waals surface area contributed by atoms with Crippen LogP contribution in [0.3, 0.4) is 0 Å². The Hall–Kier alpha value is -4.22. The number of fused-ring (bicyclic) bond motifs is 3. The number of hydrogen-bond donors (Lipinski definition) is 2. The number of Topliss-reactive ketones (excluding diaryl/α,β-unsaturated/α-hetero) is 1. The van der Waals surface area contributed by atoms with Gasteiger partial charge in [-0.3, -0.25) is 9.59 Å². The van der Waals surface area contributed by atoms with Crippen molar-refractivity contribution in [2.75, 3.05) is 18.1 Å². The molecule has 210 valence electrons. The van der Waals surface area contributed by atoms with E-state index in [0.29, 0.717) is 0 Å². The first-order valence-corrected chi connectivity index (χ1v) is 15.5. The highest BCUT2D eigenvalue weighted by Gasteiger charge is 2.31. The van der Waals surface area contributed by atoms with Crippen LogP contribution in [0.1, 0.15) is 42.4 Å². The third kappa shape index (κ3) is 6.41. The number of benzene rings is 3. The molecule has 5 rings (SSSR count). The zero-order chi connectivity index (χ0) is 28.8. The molecule has 8 heteroatoms. The average Bonchev–Trinajstić information content (AvgIpc) is 3.63. The van der Waals surface area contributed by atoms with Gasteiger partial charge in [-0.25, -0.2) is 4.79 Å². The van der Waals surface area contributed by atoms with Gasteiger partial charge in [0.05, 0.1) is 6.04 Å². The molecule has 0 bridgehead atoms. The summed E-state index contributed by atoms with van der Waals surface area (Å²) in [7, 11) is -0.379. The Morgan fingerprint density at radius 1 is 0.902 bits per heavy atom. The van der Waals surface area contributed by atoms with Crippen LogP contribution >= 0.6 is 10.5 Å². The minimum atomic E-state index is -0.948. The molecule has 1 heterocycles. The number of nitrogens with zero attached hydrogens (tertiary/aromatic N) is 1. The van der Waals surface area contributed by atoms with Crippen LogP contribution in [0.5, 0.6) is 0 Å². The third-order valence-electron chi connectivity index (χ3n) is 7.63. The Morgan fingerprint density at radius 2 is 1.49 bits per heavy atom. The summed E-state index contributed by atoms with van der Waals surface area (Å²) in [5.74, 6) is 0.713. The number of carbonyl (C=O) groups is 3. The zero-order valence-corrected chi connectivity index (χ0v) is 23.8. The molecule has 1 aliphatic heterocycles. The molecule has 1 aliphatic carbocycles. The number of nitrogens with one attached hydrogen (secondary N) is 2. The molecule has 7 nitrogen and oxygen atoms in total. The fourth-order valence-electron chi connectivity index (χ4n) is 5.52.